The van der Waals surface area contributed by atoms with E-state index in [1.165, 1.54) is 19.3 Å². The molecule has 12 heavy (non-hydrogen) atoms. The lowest BCUT2D eigenvalue weighted by molar-refractivity contribution is 0.473. The van der Waals surface area contributed by atoms with E-state index in [0.717, 1.165) is 18.6 Å². The molecule has 1 saturated heterocycles. The minimum atomic E-state index is 0.691. The predicted molar refractivity (Wildman–Crippen MR) is 49.7 cm³/mol. The van der Waals surface area contributed by atoms with Crippen LogP contribution >= 0.6 is 0 Å². The van der Waals surface area contributed by atoms with Crippen molar-refractivity contribution in [3.05, 3.63) is 0 Å². The first-order valence-corrected chi connectivity index (χ1v) is 4.97. The molecule has 2 heteroatoms. The Morgan fingerprint density at radius 1 is 1.33 bits per heavy atom. The molecule has 0 aliphatic carbocycles. The van der Waals surface area contributed by atoms with E-state index in [2.05, 4.69) is 24.8 Å². The Labute approximate surface area is 75.2 Å². The highest BCUT2D eigenvalue weighted by Crippen LogP contribution is 2.34. The molecule has 0 aromatic carbocycles. The molecule has 0 aromatic heterocycles. The summed E-state index contributed by atoms with van der Waals surface area (Å²) in [5, 5.41) is 8.44. The number of rotatable bonds is 5. The van der Waals surface area contributed by atoms with E-state index in [-0.39, 0.29) is 0 Å². The van der Waals surface area contributed by atoms with Crippen molar-refractivity contribution in [2.45, 2.75) is 51.6 Å². The van der Waals surface area contributed by atoms with Gasteiger partial charge in [0, 0.05) is 25.0 Å². The lowest BCUT2D eigenvalue weighted by atomic mass is 10.2. The normalized spacial score (nSPS) is 32.9. The molecule has 0 spiro atoms. The van der Waals surface area contributed by atoms with E-state index in [1.807, 2.05) is 0 Å². The molecule has 1 aliphatic heterocycles. The second-order valence-electron chi connectivity index (χ2n) is 3.48. The Bertz CT molecular complexity index is 171. The van der Waals surface area contributed by atoms with Crippen LogP contribution in [-0.2, 0) is 0 Å². The Morgan fingerprint density at radius 2 is 2.08 bits per heavy atom. The first kappa shape index (κ1) is 9.54. The van der Waals surface area contributed by atoms with Gasteiger partial charge >= 0.3 is 0 Å². The monoisotopic (exact) mass is 166 g/mol. The smallest absolute Gasteiger partial charge is 0.0635 e. The summed E-state index contributed by atoms with van der Waals surface area (Å²) in [6.45, 7) is 5.45. The van der Waals surface area contributed by atoms with Crippen LogP contribution in [0.3, 0.4) is 0 Å². The maximum absolute atomic E-state index is 8.44. The third-order valence-electron chi connectivity index (χ3n) is 2.69. The average molecular weight is 166 g/mol. The van der Waals surface area contributed by atoms with Gasteiger partial charge in [-0.2, -0.15) is 5.26 Å². The number of nitrogens with zero attached hydrogens (tertiary/aromatic N) is 2. The lowest BCUT2D eigenvalue weighted by Gasteiger charge is -1.97. The highest BCUT2D eigenvalue weighted by molar-refractivity contribution is 5.01. The van der Waals surface area contributed by atoms with Gasteiger partial charge in [0.1, 0.15) is 0 Å². The van der Waals surface area contributed by atoms with Gasteiger partial charge in [0.2, 0.25) is 0 Å². The van der Waals surface area contributed by atoms with Crippen LogP contribution in [0, 0.1) is 11.3 Å². The molecule has 0 amide bonds. The Morgan fingerprint density at radius 3 is 2.58 bits per heavy atom. The number of hydrogen-bond acceptors (Lipinski definition) is 2. The highest BCUT2D eigenvalue weighted by atomic mass is 15.3. The first-order valence-electron chi connectivity index (χ1n) is 4.97. The Kier molecular flexibility index (Phi) is 3.55. The molecule has 3 atom stereocenters. The largest absolute Gasteiger partial charge is 0.293 e. The van der Waals surface area contributed by atoms with Crippen molar-refractivity contribution in [1.29, 1.82) is 5.26 Å². The molecule has 3 unspecified atom stereocenters. The molecular weight excluding hydrogens is 148 g/mol. The maximum Gasteiger partial charge on any atom is 0.0635 e. The topological polar surface area (TPSA) is 26.8 Å². The molecule has 0 bridgehead atoms. The summed E-state index contributed by atoms with van der Waals surface area (Å²) in [7, 11) is 0. The summed E-state index contributed by atoms with van der Waals surface area (Å²) in [6, 6.07) is 3.79. The minimum Gasteiger partial charge on any atom is -0.293 e. The molecule has 68 valence electrons. The molecule has 1 heterocycles. The molecule has 0 aromatic rings. The summed E-state index contributed by atoms with van der Waals surface area (Å²) in [5.74, 6) is 0. The fourth-order valence-electron chi connectivity index (χ4n) is 2.06. The standard InChI is InChI=1S/C10H18N2/c1-3-6-10-9(4-2)12(10)8-5-7-11/h9-10H,3-6,8H2,1-2H3. The van der Waals surface area contributed by atoms with Crippen LogP contribution in [0.25, 0.3) is 0 Å². The van der Waals surface area contributed by atoms with E-state index in [4.69, 9.17) is 5.26 Å². The predicted octanol–water partition coefficient (Wildman–Crippen LogP) is 2.16. The van der Waals surface area contributed by atoms with E-state index >= 15 is 0 Å². The molecule has 1 aliphatic rings. The van der Waals surface area contributed by atoms with Crippen molar-refractivity contribution in [2.75, 3.05) is 6.54 Å². The zero-order chi connectivity index (χ0) is 8.97. The van der Waals surface area contributed by atoms with Crippen molar-refractivity contribution in [2.24, 2.45) is 0 Å². The number of nitriles is 1. The second kappa shape index (κ2) is 4.47. The van der Waals surface area contributed by atoms with Crippen molar-refractivity contribution >= 4 is 0 Å². The van der Waals surface area contributed by atoms with Gasteiger partial charge in [-0.3, -0.25) is 4.90 Å². The Hall–Kier alpha value is -0.550. The van der Waals surface area contributed by atoms with E-state index in [0.29, 0.717) is 6.42 Å². The van der Waals surface area contributed by atoms with Crippen LogP contribution in [0.5, 0.6) is 0 Å². The molecule has 1 rings (SSSR count). The van der Waals surface area contributed by atoms with E-state index < -0.39 is 0 Å². The average Bonchev–Trinajstić information content (AvgIpc) is 2.75. The van der Waals surface area contributed by atoms with Crippen LogP contribution in [0.1, 0.15) is 39.5 Å². The summed E-state index contributed by atoms with van der Waals surface area (Å²) < 4.78 is 0. The van der Waals surface area contributed by atoms with Crippen LogP contribution < -0.4 is 0 Å². The lowest BCUT2D eigenvalue weighted by Crippen LogP contribution is -2.03. The summed E-state index contributed by atoms with van der Waals surface area (Å²) in [5.41, 5.74) is 0. The first-order chi connectivity index (χ1) is 5.85. The molecule has 2 nitrogen and oxygen atoms in total. The molecule has 0 radical (unpaired) electrons. The van der Waals surface area contributed by atoms with Crippen LogP contribution in [0.2, 0.25) is 0 Å². The van der Waals surface area contributed by atoms with Gasteiger partial charge in [0.15, 0.2) is 0 Å². The van der Waals surface area contributed by atoms with Gasteiger partial charge in [0.25, 0.3) is 0 Å². The van der Waals surface area contributed by atoms with Crippen LogP contribution in [0.4, 0.5) is 0 Å². The molecule has 0 saturated carbocycles. The Balaban J connectivity index is 2.23. The van der Waals surface area contributed by atoms with Gasteiger partial charge in [0.05, 0.1) is 6.07 Å². The molecule has 0 N–H and O–H groups in total. The van der Waals surface area contributed by atoms with Gasteiger partial charge in [-0.1, -0.05) is 20.3 Å². The second-order valence-corrected chi connectivity index (χ2v) is 3.48. The maximum atomic E-state index is 8.44. The van der Waals surface area contributed by atoms with Crippen molar-refractivity contribution in [3.8, 4) is 6.07 Å². The third-order valence-corrected chi connectivity index (χ3v) is 2.69. The summed E-state index contributed by atoms with van der Waals surface area (Å²) in [6.07, 6.45) is 4.51. The van der Waals surface area contributed by atoms with Crippen molar-refractivity contribution in [1.82, 2.24) is 4.90 Å². The van der Waals surface area contributed by atoms with Crippen molar-refractivity contribution in [3.63, 3.8) is 0 Å². The summed E-state index contributed by atoms with van der Waals surface area (Å²) >= 11 is 0. The minimum absolute atomic E-state index is 0.691. The third kappa shape index (κ3) is 1.98. The van der Waals surface area contributed by atoms with E-state index in [1.54, 1.807) is 0 Å². The van der Waals surface area contributed by atoms with Gasteiger partial charge in [-0.25, -0.2) is 0 Å². The van der Waals surface area contributed by atoms with Crippen molar-refractivity contribution < 1.29 is 0 Å². The molecular formula is C10H18N2. The van der Waals surface area contributed by atoms with Gasteiger partial charge < -0.3 is 0 Å². The van der Waals surface area contributed by atoms with Crippen LogP contribution in [-0.4, -0.2) is 23.5 Å². The fraction of sp³-hybridized carbons (Fsp3) is 0.900. The fourth-order valence-corrected chi connectivity index (χ4v) is 2.06. The number of hydrogen-bond donors (Lipinski definition) is 0. The van der Waals surface area contributed by atoms with Crippen LogP contribution in [0.15, 0.2) is 0 Å². The zero-order valence-electron chi connectivity index (χ0n) is 8.08. The SMILES string of the molecule is CCCC1C(CC)N1CCC#N. The quantitative estimate of drug-likeness (QED) is 0.585. The van der Waals surface area contributed by atoms with E-state index in [9.17, 15) is 0 Å². The zero-order valence-corrected chi connectivity index (χ0v) is 8.08. The van der Waals surface area contributed by atoms with Gasteiger partial charge in [-0.05, 0) is 12.8 Å². The summed E-state index contributed by atoms with van der Waals surface area (Å²) in [4.78, 5) is 2.46. The van der Waals surface area contributed by atoms with Gasteiger partial charge in [-0.15, -0.1) is 0 Å². The highest BCUT2D eigenvalue weighted by Gasteiger charge is 2.43. The molecule has 1 fully saturated rings.